The fourth-order valence-corrected chi connectivity index (χ4v) is 2.10. The van der Waals surface area contributed by atoms with Gasteiger partial charge in [-0.2, -0.15) is 0 Å². The van der Waals surface area contributed by atoms with E-state index < -0.39 is 6.04 Å². The highest BCUT2D eigenvalue weighted by molar-refractivity contribution is 5.87. The number of ether oxygens (including phenoxy) is 2. The van der Waals surface area contributed by atoms with Gasteiger partial charge in [-0.25, -0.2) is 0 Å². The Hall–Kier alpha value is -1.18. The van der Waals surface area contributed by atoms with Crippen LogP contribution in [-0.4, -0.2) is 68.8 Å². The molecule has 1 rings (SSSR count). The zero-order valence-corrected chi connectivity index (χ0v) is 12.6. The van der Waals surface area contributed by atoms with Crippen LogP contribution >= 0.6 is 0 Å². The van der Waals surface area contributed by atoms with E-state index in [4.69, 9.17) is 15.2 Å². The van der Waals surface area contributed by atoms with Crippen LogP contribution in [0.2, 0.25) is 0 Å². The average Bonchev–Trinajstić information content (AvgIpc) is 2.86. The number of likely N-dealkylation sites (tertiary alicyclic amines) is 1. The molecule has 1 aliphatic heterocycles. The van der Waals surface area contributed by atoms with Crippen molar-refractivity contribution in [3.8, 4) is 0 Å². The highest BCUT2D eigenvalue weighted by Gasteiger charge is 2.35. The lowest BCUT2D eigenvalue weighted by molar-refractivity contribution is -0.133. The molecule has 0 spiro atoms. The number of rotatable bonds is 6. The SMILES string of the molecule is COC1CN(C(=O)CNC(=O)[C@@H](N)C(C)C)CC1OC. The zero-order chi connectivity index (χ0) is 15.3. The summed E-state index contributed by atoms with van der Waals surface area (Å²) in [6, 6.07) is -0.597. The molecule has 7 nitrogen and oxygen atoms in total. The summed E-state index contributed by atoms with van der Waals surface area (Å²) in [7, 11) is 3.18. The normalized spacial score (nSPS) is 24.0. The quantitative estimate of drug-likeness (QED) is 0.651. The molecule has 0 aliphatic carbocycles. The summed E-state index contributed by atoms with van der Waals surface area (Å²) >= 11 is 0. The number of nitrogens with zero attached hydrogens (tertiary/aromatic N) is 1. The predicted molar refractivity (Wildman–Crippen MR) is 74.0 cm³/mol. The van der Waals surface area contributed by atoms with Gasteiger partial charge in [0, 0.05) is 27.3 Å². The van der Waals surface area contributed by atoms with E-state index in [1.165, 1.54) is 0 Å². The second-order valence-corrected chi connectivity index (χ2v) is 5.33. The number of hydrogen-bond acceptors (Lipinski definition) is 5. The van der Waals surface area contributed by atoms with E-state index >= 15 is 0 Å². The largest absolute Gasteiger partial charge is 0.377 e. The Bertz CT molecular complexity index is 337. The molecule has 0 bridgehead atoms. The summed E-state index contributed by atoms with van der Waals surface area (Å²) in [5, 5.41) is 2.57. The van der Waals surface area contributed by atoms with E-state index in [9.17, 15) is 9.59 Å². The maximum absolute atomic E-state index is 12.0. The van der Waals surface area contributed by atoms with Gasteiger partial charge in [0.15, 0.2) is 0 Å². The Morgan fingerprint density at radius 1 is 1.25 bits per heavy atom. The molecule has 0 aromatic carbocycles. The third kappa shape index (κ3) is 4.16. The Balaban J connectivity index is 2.43. The minimum absolute atomic E-state index is 0.0348. The summed E-state index contributed by atoms with van der Waals surface area (Å²) in [5.41, 5.74) is 5.71. The fraction of sp³-hybridized carbons (Fsp3) is 0.846. The van der Waals surface area contributed by atoms with Crippen LogP contribution < -0.4 is 11.1 Å². The van der Waals surface area contributed by atoms with Gasteiger partial charge < -0.3 is 25.4 Å². The smallest absolute Gasteiger partial charge is 0.242 e. The van der Waals surface area contributed by atoms with Crippen molar-refractivity contribution in [3.05, 3.63) is 0 Å². The number of methoxy groups -OCH3 is 2. The zero-order valence-electron chi connectivity index (χ0n) is 12.6. The highest BCUT2D eigenvalue weighted by Crippen LogP contribution is 2.15. The van der Waals surface area contributed by atoms with Crippen LogP contribution in [0, 0.1) is 5.92 Å². The minimum Gasteiger partial charge on any atom is -0.377 e. The molecule has 7 heteroatoms. The van der Waals surface area contributed by atoms with Gasteiger partial charge >= 0.3 is 0 Å². The number of hydrogen-bond donors (Lipinski definition) is 2. The lowest BCUT2D eigenvalue weighted by Gasteiger charge is -2.18. The molecule has 20 heavy (non-hydrogen) atoms. The second kappa shape index (κ2) is 7.56. The standard InChI is InChI=1S/C13H25N3O4/c1-8(2)12(14)13(18)15-5-11(17)16-6-9(19-3)10(7-16)20-4/h8-10,12H,5-7,14H2,1-4H3,(H,15,18)/t9?,10?,12-/m0/s1. The van der Waals surface area contributed by atoms with Gasteiger partial charge in [-0.3, -0.25) is 9.59 Å². The van der Waals surface area contributed by atoms with Crippen molar-refractivity contribution in [1.82, 2.24) is 10.2 Å². The van der Waals surface area contributed by atoms with Crippen LogP contribution in [0.1, 0.15) is 13.8 Å². The fourth-order valence-electron chi connectivity index (χ4n) is 2.10. The van der Waals surface area contributed by atoms with Crippen LogP contribution in [0.3, 0.4) is 0 Å². The maximum atomic E-state index is 12.0. The molecule has 3 N–H and O–H groups in total. The first kappa shape index (κ1) is 16.9. The molecule has 0 aromatic heterocycles. The van der Waals surface area contributed by atoms with Gasteiger partial charge in [-0.15, -0.1) is 0 Å². The van der Waals surface area contributed by atoms with Crippen molar-refractivity contribution in [2.75, 3.05) is 33.9 Å². The van der Waals surface area contributed by atoms with E-state index in [2.05, 4.69) is 5.32 Å². The molecule has 0 aromatic rings. The molecule has 1 fully saturated rings. The molecule has 3 atom stereocenters. The summed E-state index contributed by atoms with van der Waals surface area (Å²) in [4.78, 5) is 25.3. The first-order valence-electron chi connectivity index (χ1n) is 6.77. The molecule has 2 unspecified atom stereocenters. The molecular weight excluding hydrogens is 262 g/mol. The average molecular weight is 287 g/mol. The maximum Gasteiger partial charge on any atom is 0.242 e. The van der Waals surface area contributed by atoms with Crippen molar-refractivity contribution >= 4 is 11.8 Å². The third-order valence-electron chi connectivity index (χ3n) is 3.61. The van der Waals surface area contributed by atoms with E-state index in [-0.39, 0.29) is 36.5 Å². The molecule has 2 amide bonds. The van der Waals surface area contributed by atoms with Crippen molar-refractivity contribution < 1.29 is 19.1 Å². The van der Waals surface area contributed by atoms with Crippen molar-refractivity contribution in [2.45, 2.75) is 32.1 Å². The van der Waals surface area contributed by atoms with Gasteiger partial charge in [-0.05, 0) is 5.92 Å². The first-order chi connectivity index (χ1) is 9.40. The number of nitrogens with two attached hydrogens (primary N) is 1. The molecule has 1 heterocycles. The Morgan fingerprint density at radius 3 is 2.15 bits per heavy atom. The van der Waals surface area contributed by atoms with Crippen molar-refractivity contribution in [1.29, 1.82) is 0 Å². The van der Waals surface area contributed by atoms with E-state index in [1.54, 1.807) is 19.1 Å². The minimum atomic E-state index is -0.597. The second-order valence-electron chi connectivity index (χ2n) is 5.33. The summed E-state index contributed by atoms with van der Waals surface area (Å²) in [6.45, 7) is 4.61. The van der Waals surface area contributed by atoms with Crippen molar-refractivity contribution in [2.24, 2.45) is 11.7 Å². The van der Waals surface area contributed by atoms with E-state index in [0.29, 0.717) is 13.1 Å². The molecule has 1 aliphatic rings. The molecule has 1 saturated heterocycles. The lowest BCUT2D eigenvalue weighted by Crippen LogP contribution is -2.47. The predicted octanol–water partition coefficient (Wildman–Crippen LogP) is -1.04. The number of carbonyl (C=O) groups is 2. The highest BCUT2D eigenvalue weighted by atomic mass is 16.5. The summed E-state index contributed by atoms with van der Waals surface area (Å²) in [6.07, 6.45) is -0.254. The Kier molecular flexibility index (Phi) is 6.38. The van der Waals surface area contributed by atoms with Crippen molar-refractivity contribution in [3.63, 3.8) is 0 Å². The molecule has 0 saturated carbocycles. The third-order valence-corrected chi connectivity index (χ3v) is 3.61. The lowest BCUT2D eigenvalue weighted by atomic mass is 10.1. The molecular formula is C13H25N3O4. The topological polar surface area (TPSA) is 93.9 Å². The van der Waals surface area contributed by atoms with Crippen LogP contribution in [0.15, 0.2) is 0 Å². The summed E-state index contributed by atoms with van der Waals surface area (Å²) < 4.78 is 10.5. The van der Waals surface area contributed by atoms with Gasteiger partial charge in [0.1, 0.15) is 12.2 Å². The van der Waals surface area contributed by atoms with Gasteiger partial charge in [0.05, 0.1) is 12.6 Å². The molecule has 0 radical (unpaired) electrons. The molecule has 116 valence electrons. The Morgan fingerprint density at radius 2 is 1.75 bits per heavy atom. The Labute approximate surface area is 119 Å². The number of amides is 2. The van der Waals surface area contributed by atoms with Gasteiger partial charge in [-0.1, -0.05) is 13.8 Å². The van der Waals surface area contributed by atoms with Crippen LogP contribution in [0.25, 0.3) is 0 Å². The first-order valence-corrected chi connectivity index (χ1v) is 6.77. The van der Waals surface area contributed by atoms with Gasteiger partial charge in [0.2, 0.25) is 11.8 Å². The summed E-state index contributed by atoms with van der Waals surface area (Å²) in [5.74, 6) is -0.428. The van der Waals surface area contributed by atoms with Gasteiger partial charge in [0.25, 0.3) is 0 Å². The number of carbonyl (C=O) groups excluding carboxylic acids is 2. The number of nitrogens with one attached hydrogen (secondary N) is 1. The van der Waals surface area contributed by atoms with Crippen LogP contribution in [-0.2, 0) is 19.1 Å². The van der Waals surface area contributed by atoms with E-state index in [0.717, 1.165) is 0 Å². The monoisotopic (exact) mass is 287 g/mol. The van der Waals surface area contributed by atoms with Crippen LogP contribution in [0.5, 0.6) is 0 Å². The van der Waals surface area contributed by atoms with Crippen LogP contribution in [0.4, 0.5) is 0 Å². The van der Waals surface area contributed by atoms with E-state index in [1.807, 2.05) is 13.8 Å².